The fraction of sp³-hybridized carbons (Fsp3) is 0.0303. The summed E-state index contributed by atoms with van der Waals surface area (Å²) in [5, 5.41) is 11.3. The third kappa shape index (κ3) is 2.53. The van der Waals surface area contributed by atoms with Gasteiger partial charge >= 0.3 is 0 Å². The summed E-state index contributed by atoms with van der Waals surface area (Å²) in [4.78, 5) is 0. The monoisotopic (exact) mass is 448 g/mol. The predicted molar refractivity (Wildman–Crippen MR) is 149 cm³/mol. The Morgan fingerprint density at radius 3 is 1.82 bits per heavy atom. The fourth-order valence-electron chi connectivity index (χ4n) is 6.19. The Bertz CT molecular complexity index is 1660. The van der Waals surface area contributed by atoms with Gasteiger partial charge in [-0.25, -0.2) is 0 Å². The van der Waals surface area contributed by atoms with Crippen LogP contribution in [-0.2, 0) is 0 Å². The van der Waals surface area contributed by atoms with Crippen molar-refractivity contribution in [1.82, 2.24) is 0 Å². The van der Waals surface area contributed by atoms with E-state index >= 15 is 0 Å². The van der Waals surface area contributed by atoms with Crippen molar-refractivity contribution in [3.8, 4) is 11.1 Å². The summed E-state index contributed by atoms with van der Waals surface area (Å²) in [7, 11) is -2.44. The minimum absolute atomic E-state index is 1.30. The van der Waals surface area contributed by atoms with Gasteiger partial charge in [-0.2, -0.15) is 0 Å². The van der Waals surface area contributed by atoms with Gasteiger partial charge in [0.2, 0.25) is 0 Å². The highest BCUT2D eigenvalue weighted by Gasteiger charge is 2.49. The zero-order valence-corrected chi connectivity index (χ0v) is 20.1. The quantitative estimate of drug-likeness (QED) is 0.236. The van der Waals surface area contributed by atoms with E-state index in [0.29, 0.717) is 0 Å². The van der Waals surface area contributed by atoms with Crippen LogP contribution in [0.1, 0.15) is 5.56 Å². The van der Waals surface area contributed by atoms with Gasteiger partial charge < -0.3 is 0 Å². The Balaban J connectivity index is 1.74. The first-order chi connectivity index (χ1) is 16.8. The second kappa shape index (κ2) is 7.28. The maximum atomic E-state index is 2.44. The van der Waals surface area contributed by atoms with Crippen LogP contribution in [0.5, 0.6) is 0 Å². The van der Waals surface area contributed by atoms with Crippen molar-refractivity contribution in [3.63, 3.8) is 0 Å². The summed E-state index contributed by atoms with van der Waals surface area (Å²) in [6.07, 6.45) is 0. The molecule has 1 heterocycles. The molecule has 34 heavy (non-hydrogen) atoms. The molecule has 0 aromatic heterocycles. The second-order valence-electron chi connectivity index (χ2n) is 9.40. The molecule has 0 nitrogen and oxygen atoms in total. The van der Waals surface area contributed by atoms with Crippen molar-refractivity contribution in [2.24, 2.45) is 0 Å². The van der Waals surface area contributed by atoms with Crippen molar-refractivity contribution in [2.75, 3.05) is 0 Å². The van der Waals surface area contributed by atoms with Gasteiger partial charge in [-0.3, -0.25) is 0 Å². The van der Waals surface area contributed by atoms with Crippen molar-refractivity contribution in [2.45, 2.75) is 6.92 Å². The van der Waals surface area contributed by atoms with Crippen LogP contribution in [-0.4, -0.2) is 8.07 Å². The van der Waals surface area contributed by atoms with Crippen LogP contribution in [0.25, 0.3) is 32.7 Å². The Hall–Kier alpha value is -3.94. The summed E-state index contributed by atoms with van der Waals surface area (Å²) >= 11 is 0. The van der Waals surface area contributed by atoms with Gasteiger partial charge in [0, 0.05) is 0 Å². The molecule has 0 unspecified atom stereocenters. The topological polar surface area (TPSA) is 0 Å². The molecular weight excluding hydrogens is 424 g/mol. The maximum absolute atomic E-state index is 2.44. The summed E-state index contributed by atoms with van der Waals surface area (Å²) in [5.41, 5.74) is 4.14. The maximum Gasteiger partial charge on any atom is 0.180 e. The molecule has 0 N–H and O–H groups in total. The average molecular weight is 449 g/mol. The van der Waals surface area contributed by atoms with Crippen LogP contribution in [0.15, 0.2) is 127 Å². The standard InChI is InChI=1S/C33H24Si/c1-23-16-17-24-18-19-25-20-21-31-33(32(25)29(24)22-23)28-14-8-9-15-30(28)34(31,26-10-4-2-5-11-26)27-12-6-3-7-13-27/h2-22H,1H3. The third-order valence-corrected chi connectivity index (χ3v) is 12.4. The van der Waals surface area contributed by atoms with Gasteiger partial charge in [0.25, 0.3) is 0 Å². The zero-order valence-electron chi connectivity index (χ0n) is 19.1. The number of hydrogen-bond donors (Lipinski definition) is 0. The first-order valence-corrected chi connectivity index (χ1v) is 14.0. The van der Waals surface area contributed by atoms with E-state index < -0.39 is 8.07 Å². The van der Waals surface area contributed by atoms with E-state index in [1.807, 2.05) is 0 Å². The van der Waals surface area contributed by atoms with E-state index in [1.54, 1.807) is 0 Å². The third-order valence-electron chi connectivity index (χ3n) is 7.58. The number of benzene rings is 6. The molecule has 0 saturated heterocycles. The van der Waals surface area contributed by atoms with E-state index in [-0.39, 0.29) is 0 Å². The lowest BCUT2D eigenvalue weighted by Gasteiger charge is -2.31. The molecule has 1 aliphatic heterocycles. The summed E-state index contributed by atoms with van der Waals surface area (Å²) < 4.78 is 0. The van der Waals surface area contributed by atoms with E-state index in [0.717, 1.165) is 0 Å². The molecule has 6 aromatic carbocycles. The lowest BCUT2D eigenvalue weighted by molar-refractivity contribution is 1.51. The highest BCUT2D eigenvalue weighted by molar-refractivity contribution is 7.22. The van der Waals surface area contributed by atoms with Crippen LogP contribution in [0.3, 0.4) is 0 Å². The van der Waals surface area contributed by atoms with Crippen molar-refractivity contribution in [3.05, 3.63) is 133 Å². The van der Waals surface area contributed by atoms with Gasteiger partial charge in [0.15, 0.2) is 8.07 Å². The van der Waals surface area contributed by atoms with Crippen LogP contribution in [0, 0.1) is 6.92 Å². The summed E-state index contributed by atoms with van der Waals surface area (Å²) in [5.74, 6) is 0. The van der Waals surface area contributed by atoms with E-state index in [9.17, 15) is 0 Å². The molecule has 160 valence electrons. The fourth-order valence-corrected chi connectivity index (χ4v) is 11.4. The predicted octanol–water partition coefficient (Wildman–Crippen LogP) is 5.66. The van der Waals surface area contributed by atoms with E-state index in [4.69, 9.17) is 0 Å². The second-order valence-corrected chi connectivity index (χ2v) is 13.1. The molecule has 0 saturated carbocycles. The molecule has 0 fully saturated rings. The van der Waals surface area contributed by atoms with Crippen LogP contribution in [0.4, 0.5) is 0 Å². The highest BCUT2D eigenvalue weighted by Crippen LogP contribution is 2.38. The molecule has 1 aliphatic rings. The van der Waals surface area contributed by atoms with Crippen LogP contribution < -0.4 is 20.7 Å². The molecule has 6 aromatic rings. The van der Waals surface area contributed by atoms with Gasteiger partial charge in [0.1, 0.15) is 0 Å². The first-order valence-electron chi connectivity index (χ1n) is 12.0. The lowest BCUT2D eigenvalue weighted by atomic mass is 9.93. The van der Waals surface area contributed by atoms with Gasteiger partial charge in [0.05, 0.1) is 0 Å². The molecular formula is C33H24Si. The number of fused-ring (bicyclic) bond motifs is 7. The molecule has 7 rings (SSSR count). The van der Waals surface area contributed by atoms with Gasteiger partial charge in [-0.05, 0) is 60.3 Å². The van der Waals surface area contributed by atoms with Gasteiger partial charge in [-0.15, -0.1) is 0 Å². The Kier molecular flexibility index (Phi) is 4.18. The SMILES string of the molecule is Cc1ccc2ccc3ccc4c(c3c2c1)-c1ccccc1[Si]4(c1ccccc1)c1ccccc1. The smallest absolute Gasteiger partial charge is 0.0623 e. The largest absolute Gasteiger partial charge is 0.180 e. The number of hydrogen-bond acceptors (Lipinski definition) is 0. The Morgan fingerprint density at radius 1 is 0.500 bits per heavy atom. The summed E-state index contributed by atoms with van der Waals surface area (Å²) in [6.45, 7) is 2.20. The van der Waals surface area contributed by atoms with Crippen molar-refractivity contribution < 1.29 is 0 Å². The minimum atomic E-state index is -2.44. The van der Waals surface area contributed by atoms with E-state index in [2.05, 4.69) is 134 Å². The average Bonchev–Trinajstić information content (AvgIpc) is 3.21. The molecule has 0 bridgehead atoms. The highest BCUT2D eigenvalue weighted by atomic mass is 28.3. The Labute approximate surface area is 201 Å². The van der Waals surface area contributed by atoms with Crippen LogP contribution in [0.2, 0.25) is 0 Å². The van der Waals surface area contributed by atoms with Crippen molar-refractivity contribution >= 4 is 50.4 Å². The molecule has 0 spiro atoms. The van der Waals surface area contributed by atoms with Crippen LogP contribution >= 0.6 is 0 Å². The summed E-state index contributed by atoms with van der Waals surface area (Å²) in [6, 6.07) is 47.9. The number of rotatable bonds is 2. The minimum Gasteiger partial charge on any atom is -0.0623 e. The van der Waals surface area contributed by atoms with Crippen molar-refractivity contribution in [1.29, 1.82) is 0 Å². The Morgan fingerprint density at radius 2 is 1.09 bits per heavy atom. The molecule has 0 amide bonds. The molecule has 1 heteroatoms. The van der Waals surface area contributed by atoms with Gasteiger partial charge in [-0.1, -0.05) is 133 Å². The molecule has 0 atom stereocenters. The normalized spacial score (nSPS) is 13.7. The lowest BCUT2D eigenvalue weighted by Crippen LogP contribution is -2.72. The van der Waals surface area contributed by atoms with E-state index in [1.165, 1.54) is 59.0 Å². The zero-order chi connectivity index (χ0) is 22.7. The molecule has 0 aliphatic carbocycles. The molecule has 0 radical (unpaired) electrons. The first kappa shape index (κ1) is 19.5. The number of aryl methyl sites for hydroxylation is 1.